The maximum Gasteiger partial charge on any atom is 0.333 e. The summed E-state index contributed by atoms with van der Waals surface area (Å²) >= 11 is 0. The molecule has 1 N–H and O–H groups in total. The van der Waals surface area contributed by atoms with Gasteiger partial charge in [-0.2, -0.15) is 0 Å². The van der Waals surface area contributed by atoms with Crippen molar-refractivity contribution in [1.29, 1.82) is 0 Å². The summed E-state index contributed by atoms with van der Waals surface area (Å²) in [7, 11) is 0. The summed E-state index contributed by atoms with van der Waals surface area (Å²) < 4.78 is 0. The molecule has 8 aliphatic carbocycles. The Bertz CT molecular complexity index is 1030. The zero-order chi connectivity index (χ0) is 26.4. The zero-order valence-electron chi connectivity index (χ0n) is 22.5. The first kappa shape index (κ1) is 24.8. The predicted octanol–water partition coefficient (Wildman–Crippen LogP) is 3.31. The quantitative estimate of drug-likeness (QED) is 0.390. The minimum absolute atomic E-state index is 0.0120. The van der Waals surface area contributed by atoms with E-state index in [1.54, 1.807) is 0 Å². The molecule has 212 valence electrons. The molecule has 0 aromatic rings. The van der Waals surface area contributed by atoms with Crippen LogP contribution < -0.4 is 5.32 Å². The van der Waals surface area contributed by atoms with Gasteiger partial charge >= 0.3 is 5.97 Å². The number of rotatable bonds is 7. The third-order valence-corrected chi connectivity index (χ3v) is 12.2. The Hall–Kier alpha value is -2.00. The number of nitrogens with zero attached hydrogens (tertiary/aromatic N) is 1. The fourth-order valence-electron chi connectivity index (χ4n) is 11.2. The highest BCUT2D eigenvalue weighted by molar-refractivity contribution is 6.01. The van der Waals surface area contributed by atoms with Crippen molar-refractivity contribution in [3.05, 3.63) is 0 Å². The van der Waals surface area contributed by atoms with Crippen molar-refractivity contribution in [1.82, 2.24) is 10.4 Å². The van der Waals surface area contributed by atoms with E-state index >= 15 is 0 Å². The van der Waals surface area contributed by atoms with Crippen molar-refractivity contribution in [3.63, 3.8) is 0 Å². The number of nitrogens with one attached hydrogen (secondary N) is 1. The van der Waals surface area contributed by atoms with Gasteiger partial charge in [0.2, 0.25) is 5.91 Å². The molecule has 2 saturated heterocycles. The molecular formula is C30H40N2O7. The average molecular weight is 541 g/mol. The lowest BCUT2D eigenvalue weighted by Crippen LogP contribution is -2.67. The van der Waals surface area contributed by atoms with Gasteiger partial charge in [0, 0.05) is 25.3 Å². The Kier molecular flexibility index (Phi) is 5.88. The highest BCUT2D eigenvalue weighted by Gasteiger charge is 2.63. The van der Waals surface area contributed by atoms with E-state index in [1.165, 1.54) is 44.9 Å². The van der Waals surface area contributed by atoms with Gasteiger partial charge in [0.05, 0.1) is 6.42 Å². The number of imide groups is 1. The number of hydroxylamine groups is 2. The van der Waals surface area contributed by atoms with E-state index in [1.807, 2.05) is 0 Å². The second kappa shape index (κ2) is 9.26. The minimum atomic E-state index is -0.727. The molecule has 9 nitrogen and oxygen atoms in total. The van der Waals surface area contributed by atoms with Crippen molar-refractivity contribution in [2.75, 3.05) is 0 Å². The zero-order valence-corrected chi connectivity index (χ0v) is 22.5. The average Bonchev–Trinajstić information content (AvgIpc) is 3.19. The molecule has 10 aliphatic rings. The number of carbonyl (C=O) groups is 4. The van der Waals surface area contributed by atoms with E-state index in [0.29, 0.717) is 34.7 Å². The van der Waals surface area contributed by atoms with E-state index in [9.17, 15) is 19.2 Å². The third kappa shape index (κ3) is 4.08. The van der Waals surface area contributed by atoms with Crippen molar-refractivity contribution < 1.29 is 33.8 Å². The van der Waals surface area contributed by atoms with Crippen LogP contribution in [0.2, 0.25) is 0 Å². The first-order chi connectivity index (χ1) is 18.9. The second-order valence-electron chi connectivity index (χ2n) is 14.3. The van der Waals surface area contributed by atoms with E-state index in [4.69, 9.17) is 14.6 Å². The third-order valence-electron chi connectivity index (χ3n) is 12.2. The molecule has 2 aliphatic heterocycles. The molecule has 10 fully saturated rings. The van der Waals surface area contributed by atoms with Crippen molar-refractivity contribution >= 4 is 23.7 Å². The summed E-state index contributed by atoms with van der Waals surface area (Å²) in [5.74, 6) is 4.93. The predicted molar refractivity (Wildman–Crippen MR) is 135 cm³/mol. The molecule has 39 heavy (non-hydrogen) atoms. The van der Waals surface area contributed by atoms with Gasteiger partial charge in [-0.1, -0.05) is 0 Å². The lowest BCUT2D eigenvalue weighted by molar-refractivity contribution is -0.499. The Balaban J connectivity index is 0.919. The number of amides is 3. The highest BCUT2D eigenvalue weighted by atomic mass is 17.2. The Morgan fingerprint density at radius 1 is 0.718 bits per heavy atom. The van der Waals surface area contributed by atoms with Crippen LogP contribution in [0, 0.1) is 59.2 Å². The van der Waals surface area contributed by atoms with Gasteiger partial charge in [0.25, 0.3) is 11.8 Å². The minimum Gasteiger partial charge on any atom is -0.353 e. The molecule has 9 heteroatoms. The van der Waals surface area contributed by atoms with Crippen molar-refractivity contribution in [2.45, 2.75) is 102 Å². The number of hydrogen-bond acceptors (Lipinski definition) is 7. The molecule has 10 rings (SSSR count). The molecule has 8 saturated carbocycles. The summed E-state index contributed by atoms with van der Waals surface area (Å²) in [5.41, 5.74) is 0. The molecule has 0 aromatic carbocycles. The topological polar surface area (TPSA) is 111 Å². The van der Waals surface area contributed by atoms with Crippen LogP contribution in [0.25, 0.3) is 0 Å². The van der Waals surface area contributed by atoms with Gasteiger partial charge in [0.15, 0.2) is 0 Å². The van der Waals surface area contributed by atoms with E-state index in [0.717, 1.165) is 42.4 Å². The summed E-state index contributed by atoms with van der Waals surface area (Å²) in [6, 6.07) is 0.108. The van der Waals surface area contributed by atoms with Crippen LogP contribution in [0.4, 0.5) is 0 Å². The first-order valence-corrected chi connectivity index (χ1v) is 15.6. The molecule has 3 amide bonds. The molecule has 7 unspecified atom stereocenters. The van der Waals surface area contributed by atoms with Crippen LogP contribution in [0.5, 0.6) is 0 Å². The molecule has 8 bridgehead atoms. The van der Waals surface area contributed by atoms with Gasteiger partial charge in [-0.3, -0.25) is 14.4 Å². The van der Waals surface area contributed by atoms with Crippen LogP contribution >= 0.6 is 0 Å². The number of hydrogen-bond donors (Lipinski definition) is 1. The van der Waals surface area contributed by atoms with Gasteiger partial charge in [-0.15, -0.1) is 5.06 Å². The van der Waals surface area contributed by atoms with E-state index in [-0.39, 0.29) is 49.8 Å². The molecule has 2 heterocycles. The van der Waals surface area contributed by atoms with Gasteiger partial charge in [-0.25, -0.2) is 14.6 Å². The standard InChI is InChI=1S/C30H40N2O7/c33-22(1-4-25(36)37-32-23(34)2-3-24(32)35)31-28-20-11-16-10-19(13-20)27(21(28)12-16)30-29(38-39-30)26-17-6-14-5-15(8-17)9-18(26)7-14/h14-21,26-30H,1-13H2,(H,31,33)/t14?,15?,16?,17?,18?,19?,20?,21?,26?,27?,28-,29?,30?/m1/s1. The van der Waals surface area contributed by atoms with Gasteiger partial charge < -0.3 is 10.2 Å². The second-order valence-corrected chi connectivity index (χ2v) is 14.3. The summed E-state index contributed by atoms with van der Waals surface area (Å²) in [6.07, 6.45) is 12.0. The fraction of sp³-hybridized carbons (Fsp3) is 0.867. The lowest BCUT2D eigenvalue weighted by Gasteiger charge is -2.63. The van der Waals surface area contributed by atoms with Crippen LogP contribution in [-0.4, -0.2) is 47.0 Å². The Morgan fingerprint density at radius 3 is 1.92 bits per heavy atom. The number of carbonyl (C=O) groups excluding carboxylic acids is 4. The molecular weight excluding hydrogens is 500 g/mol. The molecule has 8 atom stereocenters. The fourth-order valence-corrected chi connectivity index (χ4v) is 11.2. The van der Waals surface area contributed by atoms with Gasteiger partial charge in [-0.05, 0) is 117 Å². The SMILES string of the molecule is O=C(CCC(=O)ON1C(=O)CCC1=O)N[C@@H]1C2CC3CC(C2)C(C2OOC2C2C4CC5CC(C4)CC2C5)C1C3. The molecule has 0 spiro atoms. The van der Waals surface area contributed by atoms with E-state index < -0.39 is 17.8 Å². The maximum atomic E-state index is 13.0. The smallest absolute Gasteiger partial charge is 0.333 e. The van der Waals surface area contributed by atoms with Crippen molar-refractivity contribution in [3.8, 4) is 0 Å². The lowest BCUT2D eigenvalue weighted by atomic mass is 9.46. The summed E-state index contributed by atoms with van der Waals surface area (Å²) in [6.45, 7) is 0. The van der Waals surface area contributed by atoms with Crippen LogP contribution in [0.15, 0.2) is 0 Å². The van der Waals surface area contributed by atoms with Crippen LogP contribution in [0.1, 0.15) is 83.5 Å². The Labute approximate surface area is 228 Å². The van der Waals surface area contributed by atoms with Crippen LogP contribution in [-0.2, 0) is 33.8 Å². The van der Waals surface area contributed by atoms with Gasteiger partial charge in [0.1, 0.15) is 12.2 Å². The molecule has 0 radical (unpaired) electrons. The summed E-state index contributed by atoms with van der Waals surface area (Å²) in [5, 5.41) is 3.86. The largest absolute Gasteiger partial charge is 0.353 e. The molecule has 0 aromatic heterocycles. The summed E-state index contributed by atoms with van der Waals surface area (Å²) in [4.78, 5) is 65.6. The maximum absolute atomic E-state index is 13.0. The van der Waals surface area contributed by atoms with Crippen molar-refractivity contribution in [2.24, 2.45) is 59.2 Å². The Morgan fingerprint density at radius 2 is 1.28 bits per heavy atom. The highest BCUT2D eigenvalue weighted by Crippen LogP contribution is 2.63. The van der Waals surface area contributed by atoms with E-state index in [2.05, 4.69) is 5.32 Å². The first-order valence-electron chi connectivity index (χ1n) is 15.6. The normalized spacial score (nSPS) is 48.9. The monoisotopic (exact) mass is 540 g/mol. The van der Waals surface area contributed by atoms with Crippen LogP contribution in [0.3, 0.4) is 0 Å².